The molecule has 39 heavy (non-hydrogen) atoms. The van der Waals surface area contributed by atoms with E-state index < -0.39 is 6.10 Å². The minimum absolute atomic E-state index is 0.418. The SMILES string of the molecule is CC(O)c1cccc(-c2ccnc(N3CC4CCCCC4NCC4CN(c5ccc(C#N)cc5)CCC43)c2)c1. The normalized spacial score (nSPS) is 26.0. The van der Waals surface area contributed by atoms with E-state index in [2.05, 4.69) is 57.6 Å². The summed E-state index contributed by atoms with van der Waals surface area (Å²) in [4.78, 5) is 10.1. The van der Waals surface area contributed by atoms with Gasteiger partial charge in [0.15, 0.2) is 0 Å². The van der Waals surface area contributed by atoms with Gasteiger partial charge in [-0.2, -0.15) is 5.26 Å². The number of aliphatic hydroxyl groups is 1. The van der Waals surface area contributed by atoms with Crippen molar-refractivity contribution in [1.82, 2.24) is 10.3 Å². The third-order valence-corrected chi connectivity index (χ3v) is 9.18. The number of nitrogens with one attached hydrogen (secondary N) is 1. The molecule has 2 N–H and O–H groups in total. The first kappa shape index (κ1) is 25.9. The monoisotopic (exact) mass is 521 g/mol. The zero-order valence-electron chi connectivity index (χ0n) is 22.8. The molecule has 202 valence electrons. The second-order valence-corrected chi connectivity index (χ2v) is 11.6. The predicted octanol–water partition coefficient (Wildman–Crippen LogP) is 5.54. The van der Waals surface area contributed by atoms with Crippen molar-refractivity contribution in [3.63, 3.8) is 0 Å². The molecular formula is C33H39N5O. The van der Waals surface area contributed by atoms with Crippen LogP contribution in [0.15, 0.2) is 66.9 Å². The lowest BCUT2D eigenvalue weighted by Crippen LogP contribution is -2.60. The van der Waals surface area contributed by atoms with Crippen molar-refractivity contribution in [2.75, 3.05) is 36.0 Å². The largest absolute Gasteiger partial charge is 0.389 e. The van der Waals surface area contributed by atoms with Crippen LogP contribution in [-0.2, 0) is 0 Å². The van der Waals surface area contributed by atoms with Gasteiger partial charge in [-0.1, -0.05) is 31.0 Å². The molecule has 0 bridgehead atoms. The number of anilines is 2. The van der Waals surface area contributed by atoms with E-state index in [1.165, 1.54) is 31.4 Å². The second kappa shape index (κ2) is 11.4. The molecule has 2 aromatic carbocycles. The number of benzene rings is 2. The highest BCUT2D eigenvalue weighted by Crippen LogP contribution is 2.36. The van der Waals surface area contributed by atoms with Crippen LogP contribution >= 0.6 is 0 Å². The van der Waals surface area contributed by atoms with E-state index in [1.54, 1.807) is 0 Å². The Balaban J connectivity index is 1.31. The van der Waals surface area contributed by atoms with Gasteiger partial charge in [-0.3, -0.25) is 0 Å². The standard InChI is InChI=1S/C33H39N5O/c1-23(39)25-6-4-7-26(17-25)27-13-15-35-33(18-27)38-22-28-5-2-3-8-31(28)36-20-29-21-37(16-14-32(29)38)30-11-9-24(19-34)10-12-30/h4,6-7,9-13,15,17-18,23,28-29,31-32,36,39H,2-3,5,8,14,16,20-22H2,1H3. The minimum Gasteiger partial charge on any atom is -0.389 e. The van der Waals surface area contributed by atoms with Crippen LogP contribution < -0.4 is 15.1 Å². The lowest BCUT2D eigenvalue weighted by molar-refractivity contribution is 0.199. The summed E-state index contributed by atoms with van der Waals surface area (Å²) in [6, 6.07) is 23.8. The summed E-state index contributed by atoms with van der Waals surface area (Å²) >= 11 is 0. The van der Waals surface area contributed by atoms with Crippen LogP contribution in [0.2, 0.25) is 0 Å². The van der Waals surface area contributed by atoms with E-state index in [0.717, 1.165) is 55.1 Å². The van der Waals surface area contributed by atoms with Gasteiger partial charge in [0.25, 0.3) is 0 Å². The van der Waals surface area contributed by atoms with Crippen LogP contribution in [0.25, 0.3) is 11.1 Å². The van der Waals surface area contributed by atoms with Gasteiger partial charge in [0, 0.05) is 56.1 Å². The first-order valence-electron chi connectivity index (χ1n) is 14.6. The number of hydrogen-bond donors (Lipinski definition) is 2. The van der Waals surface area contributed by atoms with Gasteiger partial charge in [0.1, 0.15) is 5.82 Å². The number of aliphatic hydroxyl groups excluding tert-OH is 1. The van der Waals surface area contributed by atoms with Crippen LogP contribution in [0.1, 0.15) is 56.3 Å². The number of rotatable bonds is 4. The average Bonchev–Trinajstić information content (AvgIpc) is 2.98. The Labute approximate surface area is 232 Å². The zero-order valence-corrected chi connectivity index (χ0v) is 22.8. The Morgan fingerprint density at radius 1 is 0.974 bits per heavy atom. The van der Waals surface area contributed by atoms with Gasteiger partial charge in [-0.15, -0.1) is 0 Å². The molecule has 3 aliphatic rings. The van der Waals surface area contributed by atoms with Crippen molar-refractivity contribution in [2.24, 2.45) is 11.8 Å². The van der Waals surface area contributed by atoms with E-state index in [0.29, 0.717) is 29.5 Å². The van der Waals surface area contributed by atoms with E-state index in [1.807, 2.05) is 37.4 Å². The summed E-state index contributed by atoms with van der Waals surface area (Å²) < 4.78 is 0. The fourth-order valence-corrected chi connectivity index (χ4v) is 6.99. The third-order valence-electron chi connectivity index (χ3n) is 9.18. The topological polar surface area (TPSA) is 75.4 Å². The van der Waals surface area contributed by atoms with Crippen LogP contribution in [0, 0.1) is 23.2 Å². The highest BCUT2D eigenvalue weighted by molar-refractivity contribution is 5.67. The maximum atomic E-state index is 10.1. The van der Waals surface area contributed by atoms with Crippen molar-refractivity contribution in [1.29, 1.82) is 5.26 Å². The van der Waals surface area contributed by atoms with Gasteiger partial charge in [-0.25, -0.2) is 4.98 Å². The molecule has 3 heterocycles. The maximum absolute atomic E-state index is 10.1. The number of piperidine rings is 1. The van der Waals surface area contributed by atoms with E-state index >= 15 is 0 Å². The number of aromatic nitrogens is 1. The molecule has 3 aromatic rings. The fourth-order valence-electron chi connectivity index (χ4n) is 6.99. The van der Waals surface area contributed by atoms with Gasteiger partial charge < -0.3 is 20.2 Å². The van der Waals surface area contributed by atoms with Crippen molar-refractivity contribution >= 4 is 11.5 Å². The molecule has 0 radical (unpaired) electrons. The molecule has 2 saturated heterocycles. The molecule has 3 fully saturated rings. The molecule has 5 atom stereocenters. The van der Waals surface area contributed by atoms with Crippen molar-refractivity contribution in [2.45, 2.75) is 57.2 Å². The number of pyridine rings is 1. The van der Waals surface area contributed by atoms with Gasteiger partial charge in [-0.05, 0) is 91.3 Å². The van der Waals surface area contributed by atoms with Crippen molar-refractivity contribution in [3.05, 3.63) is 78.0 Å². The van der Waals surface area contributed by atoms with Gasteiger partial charge in [0.2, 0.25) is 0 Å². The Morgan fingerprint density at radius 3 is 2.62 bits per heavy atom. The van der Waals surface area contributed by atoms with Crippen LogP contribution in [0.4, 0.5) is 11.5 Å². The van der Waals surface area contributed by atoms with Crippen molar-refractivity contribution in [3.8, 4) is 17.2 Å². The Hall–Kier alpha value is -3.40. The van der Waals surface area contributed by atoms with Crippen molar-refractivity contribution < 1.29 is 5.11 Å². The van der Waals surface area contributed by atoms with Gasteiger partial charge in [0.05, 0.1) is 17.7 Å². The molecule has 0 amide bonds. The number of hydrogen-bond acceptors (Lipinski definition) is 6. The Kier molecular flexibility index (Phi) is 7.54. The summed E-state index contributed by atoms with van der Waals surface area (Å²) in [7, 11) is 0. The molecular weight excluding hydrogens is 482 g/mol. The van der Waals surface area contributed by atoms with Crippen LogP contribution in [-0.4, -0.2) is 48.4 Å². The molecule has 2 aliphatic heterocycles. The van der Waals surface area contributed by atoms with E-state index in [-0.39, 0.29) is 0 Å². The fraction of sp³-hybridized carbons (Fsp3) is 0.455. The summed E-state index contributed by atoms with van der Waals surface area (Å²) in [5.74, 6) is 2.18. The summed E-state index contributed by atoms with van der Waals surface area (Å²) in [6.45, 7) is 5.86. The molecule has 6 nitrogen and oxygen atoms in total. The van der Waals surface area contributed by atoms with E-state index in [9.17, 15) is 10.4 Å². The molecule has 5 unspecified atom stereocenters. The quantitative estimate of drug-likeness (QED) is 0.470. The van der Waals surface area contributed by atoms with E-state index in [4.69, 9.17) is 4.98 Å². The molecule has 1 aliphatic carbocycles. The molecule has 1 saturated carbocycles. The zero-order chi connectivity index (χ0) is 26.8. The molecule has 6 heteroatoms. The molecule has 0 spiro atoms. The Bertz CT molecular complexity index is 1320. The highest BCUT2D eigenvalue weighted by Gasteiger charge is 2.39. The first-order valence-corrected chi connectivity index (χ1v) is 14.6. The average molecular weight is 522 g/mol. The highest BCUT2D eigenvalue weighted by atomic mass is 16.3. The minimum atomic E-state index is -0.488. The lowest BCUT2D eigenvalue weighted by atomic mass is 9.80. The van der Waals surface area contributed by atoms with Gasteiger partial charge >= 0.3 is 0 Å². The smallest absolute Gasteiger partial charge is 0.129 e. The Morgan fingerprint density at radius 2 is 1.79 bits per heavy atom. The summed E-state index contributed by atoms with van der Waals surface area (Å²) in [5, 5.41) is 23.4. The number of nitriles is 1. The number of nitrogens with zero attached hydrogens (tertiary/aromatic N) is 4. The van der Waals surface area contributed by atoms with Crippen LogP contribution in [0.5, 0.6) is 0 Å². The molecule has 6 rings (SSSR count). The summed E-state index contributed by atoms with van der Waals surface area (Å²) in [6.07, 6.45) is 7.71. The maximum Gasteiger partial charge on any atom is 0.129 e. The third kappa shape index (κ3) is 5.52. The number of fused-ring (bicyclic) bond motifs is 2. The second-order valence-electron chi connectivity index (χ2n) is 11.6. The summed E-state index contributed by atoms with van der Waals surface area (Å²) in [5.41, 5.74) is 5.11. The lowest BCUT2D eigenvalue weighted by Gasteiger charge is -2.50. The predicted molar refractivity (Wildman–Crippen MR) is 157 cm³/mol. The first-order chi connectivity index (χ1) is 19.1. The molecule has 1 aromatic heterocycles. The van der Waals surface area contributed by atoms with Crippen LogP contribution in [0.3, 0.4) is 0 Å².